The molecule has 1 saturated heterocycles. The molecule has 22 heavy (non-hydrogen) atoms. The molecule has 0 saturated carbocycles. The normalized spacial score (nSPS) is 19.0. The van der Waals surface area contributed by atoms with E-state index >= 15 is 0 Å². The summed E-state index contributed by atoms with van der Waals surface area (Å²) in [7, 11) is 3.19. The summed E-state index contributed by atoms with van der Waals surface area (Å²) < 4.78 is 8.03. The zero-order valence-corrected chi connectivity index (χ0v) is 13.1. The Morgan fingerprint density at radius 2 is 2.05 bits per heavy atom. The Balaban J connectivity index is 1.90. The molecule has 0 spiro atoms. The lowest BCUT2D eigenvalue weighted by molar-refractivity contribution is 0.202. The SMILES string of the molecule is Cc1cc(C2CCCN2Cc2cc(=O)n(C)c(=O)n2C)on1. The summed E-state index contributed by atoms with van der Waals surface area (Å²) >= 11 is 0. The van der Waals surface area contributed by atoms with Crippen LogP contribution in [0, 0.1) is 6.92 Å². The van der Waals surface area contributed by atoms with Crippen molar-refractivity contribution >= 4 is 0 Å². The van der Waals surface area contributed by atoms with Gasteiger partial charge >= 0.3 is 5.69 Å². The van der Waals surface area contributed by atoms with Crippen LogP contribution in [0.1, 0.15) is 36.0 Å². The van der Waals surface area contributed by atoms with E-state index in [4.69, 9.17) is 4.52 Å². The van der Waals surface area contributed by atoms with Gasteiger partial charge in [0.1, 0.15) is 0 Å². The number of aryl methyl sites for hydroxylation is 1. The molecule has 1 aliphatic rings. The van der Waals surface area contributed by atoms with E-state index < -0.39 is 0 Å². The maximum atomic E-state index is 12.0. The Morgan fingerprint density at radius 1 is 1.27 bits per heavy atom. The fraction of sp³-hybridized carbons (Fsp3) is 0.533. The van der Waals surface area contributed by atoms with Gasteiger partial charge in [0, 0.05) is 38.5 Å². The molecule has 0 aromatic carbocycles. The van der Waals surface area contributed by atoms with Gasteiger partial charge in [0.25, 0.3) is 5.56 Å². The van der Waals surface area contributed by atoms with Gasteiger partial charge in [0.15, 0.2) is 5.76 Å². The number of aromatic nitrogens is 3. The first kappa shape index (κ1) is 14.8. The fourth-order valence-corrected chi connectivity index (χ4v) is 3.02. The Kier molecular flexibility index (Phi) is 3.74. The Morgan fingerprint density at radius 3 is 2.73 bits per heavy atom. The second-order valence-corrected chi connectivity index (χ2v) is 5.87. The number of hydrogen-bond donors (Lipinski definition) is 0. The number of rotatable bonds is 3. The second-order valence-electron chi connectivity index (χ2n) is 5.87. The molecule has 7 heteroatoms. The van der Waals surface area contributed by atoms with Crippen molar-refractivity contribution in [2.75, 3.05) is 6.54 Å². The first-order valence-corrected chi connectivity index (χ1v) is 7.40. The van der Waals surface area contributed by atoms with Gasteiger partial charge in [-0.2, -0.15) is 0 Å². The third-order valence-electron chi connectivity index (χ3n) is 4.33. The predicted octanol–water partition coefficient (Wildman–Crippen LogP) is 0.718. The molecule has 1 aliphatic heterocycles. The van der Waals surface area contributed by atoms with Crippen molar-refractivity contribution < 1.29 is 4.52 Å². The number of likely N-dealkylation sites (tertiary alicyclic amines) is 1. The first-order valence-electron chi connectivity index (χ1n) is 7.40. The van der Waals surface area contributed by atoms with E-state index in [1.54, 1.807) is 7.05 Å². The highest BCUT2D eigenvalue weighted by atomic mass is 16.5. The molecule has 0 radical (unpaired) electrons. The van der Waals surface area contributed by atoms with Crippen molar-refractivity contribution in [1.82, 2.24) is 19.2 Å². The summed E-state index contributed by atoms with van der Waals surface area (Å²) in [6.07, 6.45) is 2.05. The van der Waals surface area contributed by atoms with Gasteiger partial charge in [-0.15, -0.1) is 0 Å². The van der Waals surface area contributed by atoms with Crippen LogP contribution in [0.15, 0.2) is 26.2 Å². The molecule has 3 rings (SSSR count). The van der Waals surface area contributed by atoms with Gasteiger partial charge < -0.3 is 4.52 Å². The lowest BCUT2D eigenvalue weighted by atomic mass is 10.1. The van der Waals surface area contributed by atoms with E-state index in [0.29, 0.717) is 6.54 Å². The Hall–Kier alpha value is -2.15. The molecule has 0 aliphatic carbocycles. The van der Waals surface area contributed by atoms with Crippen LogP contribution in [0.5, 0.6) is 0 Å². The van der Waals surface area contributed by atoms with Crippen molar-refractivity contribution in [2.45, 2.75) is 32.4 Å². The van der Waals surface area contributed by atoms with Gasteiger partial charge in [0.05, 0.1) is 11.7 Å². The molecular formula is C15H20N4O3. The van der Waals surface area contributed by atoms with E-state index in [-0.39, 0.29) is 17.3 Å². The van der Waals surface area contributed by atoms with E-state index in [9.17, 15) is 9.59 Å². The van der Waals surface area contributed by atoms with Crippen molar-refractivity contribution in [3.63, 3.8) is 0 Å². The average Bonchev–Trinajstić information content (AvgIpc) is 3.11. The minimum Gasteiger partial charge on any atom is -0.359 e. The Bertz CT molecular complexity index is 802. The first-order chi connectivity index (χ1) is 10.5. The lowest BCUT2D eigenvalue weighted by Crippen LogP contribution is -2.39. The van der Waals surface area contributed by atoms with Crippen LogP contribution >= 0.6 is 0 Å². The smallest absolute Gasteiger partial charge is 0.330 e. The molecule has 0 amide bonds. The summed E-state index contributed by atoms with van der Waals surface area (Å²) in [5.41, 5.74) is 1.01. The van der Waals surface area contributed by atoms with E-state index in [0.717, 1.165) is 41.1 Å². The molecule has 2 aromatic heterocycles. The van der Waals surface area contributed by atoms with Crippen molar-refractivity contribution in [3.8, 4) is 0 Å². The summed E-state index contributed by atoms with van der Waals surface area (Å²) in [5.74, 6) is 0.851. The standard InChI is InChI=1S/C15H20N4O3/c1-10-7-13(22-16-10)12-5-4-6-19(12)9-11-8-14(20)18(3)15(21)17(11)2/h7-8,12H,4-6,9H2,1-3H3. The van der Waals surface area contributed by atoms with Crippen LogP contribution in [0.25, 0.3) is 0 Å². The molecule has 0 bridgehead atoms. The minimum absolute atomic E-state index is 0.153. The predicted molar refractivity (Wildman–Crippen MR) is 80.5 cm³/mol. The molecule has 7 nitrogen and oxygen atoms in total. The summed E-state index contributed by atoms with van der Waals surface area (Å²) in [4.78, 5) is 26.1. The maximum Gasteiger partial charge on any atom is 0.330 e. The highest BCUT2D eigenvalue weighted by Gasteiger charge is 2.29. The zero-order valence-electron chi connectivity index (χ0n) is 13.1. The molecule has 1 atom stereocenters. The van der Waals surface area contributed by atoms with E-state index in [2.05, 4.69) is 10.1 Å². The van der Waals surface area contributed by atoms with Gasteiger partial charge in [-0.05, 0) is 26.3 Å². The van der Waals surface area contributed by atoms with Crippen LogP contribution in [-0.4, -0.2) is 25.7 Å². The van der Waals surface area contributed by atoms with Gasteiger partial charge in [-0.25, -0.2) is 4.79 Å². The van der Waals surface area contributed by atoms with Crippen LogP contribution in [-0.2, 0) is 20.6 Å². The van der Waals surface area contributed by atoms with E-state index in [1.165, 1.54) is 17.7 Å². The number of nitrogens with zero attached hydrogens (tertiary/aromatic N) is 4. The van der Waals surface area contributed by atoms with Crippen molar-refractivity contribution in [3.05, 3.63) is 50.1 Å². The van der Waals surface area contributed by atoms with Crippen molar-refractivity contribution in [2.24, 2.45) is 14.1 Å². The zero-order chi connectivity index (χ0) is 15.9. The molecule has 118 valence electrons. The maximum absolute atomic E-state index is 12.0. The highest BCUT2D eigenvalue weighted by Crippen LogP contribution is 2.33. The van der Waals surface area contributed by atoms with Gasteiger partial charge in [-0.3, -0.25) is 18.8 Å². The minimum atomic E-state index is -0.297. The van der Waals surface area contributed by atoms with Crippen LogP contribution < -0.4 is 11.2 Å². The Labute approximate surface area is 127 Å². The average molecular weight is 304 g/mol. The molecular weight excluding hydrogens is 284 g/mol. The topological polar surface area (TPSA) is 73.3 Å². The molecule has 3 heterocycles. The van der Waals surface area contributed by atoms with Crippen molar-refractivity contribution in [1.29, 1.82) is 0 Å². The third-order valence-corrected chi connectivity index (χ3v) is 4.33. The van der Waals surface area contributed by atoms with Crippen LogP contribution in [0.2, 0.25) is 0 Å². The molecule has 1 unspecified atom stereocenters. The second kappa shape index (κ2) is 5.57. The van der Waals surface area contributed by atoms with Crippen LogP contribution in [0.3, 0.4) is 0 Å². The van der Waals surface area contributed by atoms with Gasteiger partial charge in [-0.1, -0.05) is 5.16 Å². The molecule has 2 aromatic rings. The largest absolute Gasteiger partial charge is 0.359 e. The third kappa shape index (κ3) is 2.52. The fourth-order valence-electron chi connectivity index (χ4n) is 3.02. The quantitative estimate of drug-likeness (QED) is 0.835. The summed E-state index contributed by atoms with van der Waals surface area (Å²) in [5, 5.41) is 3.95. The summed E-state index contributed by atoms with van der Waals surface area (Å²) in [6.45, 7) is 3.36. The van der Waals surface area contributed by atoms with Crippen LogP contribution in [0.4, 0.5) is 0 Å². The molecule has 0 N–H and O–H groups in total. The number of hydrogen-bond acceptors (Lipinski definition) is 5. The lowest BCUT2D eigenvalue weighted by Gasteiger charge is -2.23. The van der Waals surface area contributed by atoms with Gasteiger partial charge in [0.2, 0.25) is 0 Å². The summed E-state index contributed by atoms with van der Waals surface area (Å²) in [6, 6.07) is 3.63. The van der Waals surface area contributed by atoms with E-state index in [1.807, 2.05) is 13.0 Å². The molecule has 1 fully saturated rings. The highest BCUT2D eigenvalue weighted by molar-refractivity contribution is 5.11. The monoisotopic (exact) mass is 304 g/mol.